The smallest absolute Gasteiger partial charge is 0.263 e. The number of hydrogen-bond acceptors (Lipinski definition) is 2. The first kappa shape index (κ1) is 15.4. The van der Waals surface area contributed by atoms with Gasteiger partial charge in [0, 0.05) is 27.6 Å². The molecule has 0 fully saturated rings. The van der Waals surface area contributed by atoms with Crippen LogP contribution in [0.5, 0.6) is 0 Å². The van der Waals surface area contributed by atoms with Gasteiger partial charge in [0.2, 0.25) is 0 Å². The fraction of sp³-hybridized carbons (Fsp3) is 0.250. The van der Waals surface area contributed by atoms with Crippen LogP contribution in [-0.4, -0.2) is 35.5 Å². The summed E-state index contributed by atoms with van der Waals surface area (Å²) in [4.78, 5) is 15.2. The highest BCUT2D eigenvalue weighted by Gasteiger charge is 2.32. The van der Waals surface area contributed by atoms with E-state index in [4.69, 9.17) is 11.6 Å². The molecule has 3 nitrogen and oxygen atoms in total. The van der Waals surface area contributed by atoms with Gasteiger partial charge in [0.15, 0.2) is 0 Å². The summed E-state index contributed by atoms with van der Waals surface area (Å²) in [7, 11) is 4.16. The Kier molecular flexibility index (Phi) is 3.52. The maximum Gasteiger partial charge on any atom is 0.263 e. The largest absolute Gasteiger partial charge is 0.306 e. The summed E-state index contributed by atoms with van der Waals surface area (Å²) < 4.78 is 1.84. The third-order valence-electron chi connectivity index (χ3n) is 5.03. The number of benzene rings is 2. The van der Waals surface area contributed by atoms with Crippen LogP contribution in [0.3, 0.4) is 0 Å². The van der Waals surface area contributed by atoms with Gasteiger partial charge < -0.3 is 4.90 Å². The third kappa shape index (κ3) is 2.12. The molecule has 1 aliphatic heterocycles. The summed E-state index contributed by atoms with van der Waals surface area (Å²) in [6.07, 6.45) is 0.884. The highest BCUT2D eigenvalue weighted by atomic mass is 35.5. The minimum absolute atomic E-state index is 0.0385. The molecule has 1 unspecified atom stereocenters. The summed E-state index contributed by atoms with van der Waals surface area (Å²) in [6, 6.07) is 14.1. The molecule has 4 heteroatoms. The Balaban J connectivity index is 2.04. The standard InChI is InChI=1S/C20H19ClN2O/c1-12(22(2)3)10-17-14-9-8-13(21)11-18(14)23-19(17)15-6-4-5-7-16(15)20(23)24/h4-9,11-12H,10H2,1-3H3. The molecule has 2 heterocycles. The lowest BCUT2D eigenvalue weighted by Gasteiger charge is -2.20. The van der Waals surface area contributed by atoms with Crippen molar-refractivity contribution < 1.29 is 4.79 Å². The molecule has 4 rings (SSSR count). The van der Waals surface area contributed by atoms with E-state index in [-0.39, 0.29) is 5.91 Å². The fourth-order valence-corrected chi connectivity index (χ4v) is 3.67. The molecule has 0 amide bonds. The van der Waals surface area contributed by atoms with Crippen molar-refractivity contribution in [2.24, 2.45) is 0 Å². The second-order valence-corrected chi connectivity index (χ2v) is 7.13. The van der Waals surface area contributed by atoms with Gasteiger partial charge in [0.05, 0.1) is 11.2 Å². The predicted octanol–water partition coefficient (Wildman–Crippen LogP) is 4.46. The average molecular weight is 339 g/mol. The van der Waals surface area contributed by atoms with E-state index < -0.39 is 0 Å². The Hall–Kier alpha value is -2.10. The molecule has 1 aliphatic rings. The van der Waals surface area contributed by atoms with Gasteiger partial charge >= 0.3 is 0 Å². The SMILES string of the molecule is CC(Cc1c2n(c3cc(Cl)ccc13)C(=O)c1ccccc1-2)N(C)C. The van der Waals surface area contributed by atoms with Crippen molar-refractivity contribution in [1.29, 1.82) is 0 Å². The van der Waals surface area contributed by atoms with Crippen molar-refractivity contribution in [3.8, 4) is 11.3 Å². The van der Waals surface area contributed by atoms with Crippen LogP contribution in [0, 0.1) is 0 Å². The normalized spacial score (nSPS) is 14.3. The molecule has 0 bridgehead atoms. The van der Waals surface area contributed by atoms with E-state index in [0.29, 0.717) is 11.1 Å². The molecule has 1 atom stereocenters. The monoisotopic (exact) mass is 338 g/mol. The molecular formula is C20H19ClN2O. The van der Waals surface area contributed by atoms with Crippen molar-refractivity contribution in [3.63, 3.8) is 0 Å². The second kappa shape index (κ2) is 5.47. The highest BCUT2D eigenvalue weighted by molar-refractivity contribution is 6.31. The number of carbonyl (C=O) groups is 1. The zero-order valence-corrected chi connectivity index (χ0v) is 14.8. The molecule has 1 aromatic heterocycles. The van der Waals surface area contributed by atoms with Gasteiger partial charge in [-0.15, -0.1) is 0 Å². The highest BCUT2D eigenvalue weighted by Crippen LogP contribution is 2.42. The van der Waals surface area contributed by atoms with Crippen molar-refractivity contribution in [2.75, 3.05) is 14.1 Å². The topological polar surface area (TPSA) is 25.2 Å². The minimum atomic E-state index is 0.0385. The summed E-state index contributed by atoms with van der Waals surface area (Å²) in [5.41, 5.74) is 4.95. The van der Waals surface area contributed by atoms with Gasteiger partial charge in [-0.3, -0.25) is 9.36 Å². The number of rotatable bonds is 3. The molecule has 3 aromatic rings. The fourth-order valence-electron chi connectivity index (χ4n) is 3.50. The van der Waals surface area contributed by atoms with Crippen LogP contribution in [0.25, 0.3) is 22.2 Å². The van der Waals surface area contributed by atoms with E-state index in [1.165, 1.54) is 5.56 Å². The Morgan fingerprint density at radius 3 is 2.54 bits per heavy atom. The van der Waals surface area contributed by atoms with Crippen LogP contribution < -0.4 is 0 Å². The number of nitrogens with zero attached hydrogens (tertiary/aromatic N) is 2. The van der Waals surface area contributed by atoms with Crippen LogP contribution in [0.15, 0.2) is 42.5 Å². The van der Waals surface area contributed by atoms with Crippen molar-refractivity contribution in [2.45, 2.75) is 19.4 Å². The van der Waals surface area contributed by atoms with Crippen molar-refractivity contribution >= 4 is 28.4 Å². The first-order valence-corrected chi connectivity index (χ1v) is 8.50. The zero-order chi connectivity index (χ0) is 17.0. The van der Waals surface area contributed by atoms with E-state index in [1.54, 1.807) is 0 Å². The van der Waals surface area contributed by atoms with Gasteiger partial charge in [-0.25, -0.2) is 0 Å². The van der Waals surface area contributed by atoms with Crippen molar-refractivity contribution in [3.05, 3.63) is 58.6 Å². The number of halogens is 1. The van der Waals surface area contributed by atoms with E-state index in [0.717, 1.165) is 34.1 Å². The maximum atomic E-state index is 13.0. The molecule has 24 heavy (non-hydrogen) atoms. The number of aromatic nitrogens is 1. The molecule has 0 spiro atoms. The van der Waals surface area contributed by atoms with Crippen LogP contribution >= 0.6 is 11.6 Å². The van der Waals surface area contributed by atoms with E-state index >= 15 is 0 Å². The lowest BCUT2D eigenvalue weighted by Crippen LogP contribution is -2.26. The Morgan fingerprint density at radius 1 is 1.12 bits per heavy atom. The minimum Gasteiger partial charge on any atom is -0.306 e. The predicted molar refractivity (Wildman–Crippen MR) is 99.0 cm³/mol. The van der Waals surface area contributed by atoms with Crippen LogP contribution in [-0.2, 0) is 6.42 Å². The molecule has 0 radical (unpaired) electrons. The number of hydrogen-bond donors (Lipinski definition) is 0. The Morgan fingerprint density at radius 2 is 1.83 bits per heavy atom. The first-order chi connectivity index (χ1) is 11.5. The summed E-state index contributed by atoms with van der Waals surface area (Å²) in [6.45, 7) is 2.20. The molecule has 0 N–H and O–H groups in total. The van der Waals surface area contributed by atoms with Crippen LogP contribution in [0.4, 0.5) is 0 Å². The summed E-state index contributed by atoms with van der Waals surface area (Å²) in [5.74, 6) is 0.0385. The van der Waals surface area contributed by atoms with Gasteiger partial charge in [-0.1, -0.05) is 35.9 Å². The number of carbonyl (C=O) groups excluding carboxylic acids is 1. The van der Waals surface area contributed by atoms with Gasteiger partial charge in [-0.05, 0) is 51.2 Å². The van der Waals surface area contributed by atoms with E-state index in [9.17, 15) is 4.79 Å². The number of fused-ring (bicyclic) bond motifs is 5. The molecule has 0 saturated heterocycles. The molecule has 0 saturated carbocycles. The Bertz CT molecular complexity index is 971. The molecule has 2 aromatic carbocycles. The van der Waals surface area contributed by atoms with Gasteiger partial charge in [0.1, 0.15) is 0 Å². The van der Waals surface area contributed by atoms with Crippen molar-refractivity contribution in [1.82, 2.24) is 9.47 Å². The Labute approximate surface area is 146 Å². The van der Waals surface area contributed by atoms with Gasteiger partial charge in [-0.2, -0.15) is 0 Å². The average Bonchev–Trinajstić information content (AvgIpc) is 3.02. The summed E-state index contributed by atoms with van der Waals surface area (Å²) in [5, 5.41) is 1.77. The van der Waals surface area contributed by atoms with Crippen LogP contribution in [0.1, 0.15) is 22.8 Å². The lowest BCUT2D eigenvalue weighted by atomic mass is 9.97. The van der Waals surface area contributed by atoms with Crippen LogP contribution in [0.2, 0.25) is 5.02 Å². The number of likely N-dealkylation sites (N-methyl/N-ethyl adjacent to an activating group) is 1. The quantitative estimate of drug-likeness (QED) is 0.551. The third-order valence-corrected chi connectivity index (χ3v) is 5.27. The summed E-state index contributed by atoms with van der Waals surface area (Å²) >= 11 is 6.21. The molecular weight excluding hydrogens is 320 g/mol. The molecule has 122 valence electrons. The van der Waals surface area contributed by atoms with Gasteiger partial charge in [0.25, 0.3) is 5.91 Å². The maximum absolute atomic E-state index is 13.0. The van der Waals surface area contributed by atoms with E-state index in [1.807, 2.05) is 47.0 Å². The van der Waals surface area contributed by atoms with E-state index in [2.05, 4.69) is 25.9 Å². The zero-order valence-electron chi connectivity index (χ0n) is 14.0. The lowest BCUT2D eigenvalue weighted by molar-refractivity contribution is 0.0973. The first-order valence-electron chi connectivity index (χ1n) is 8.12. The molecule has 0 aliphatic carbocycles. The second-order valence-electron chi connectivity index (χ2n) is 6.69.